The fraction of sp³-hybridized carbons (Fsp3) is 0.278. The van der Waals surface area contributed by atoms with Gasteiger partial charge in [-0.25, -0.2) is 4.79 Å². The van der Waals surface area contributed by atoms with E-state index in [1.807, 2.05) is 54.6 Å². The van der Waals surface area contributed by atoms with Crippen molar-refractivity contribution >= 4 is 17.5 Å². The fourth-order valence-corrected chi connectivity index (χ4v) is 2.61. The third-order valence-corrected chi connectivity index (χ3v) is 3.80. The minimum atomic E-state index is -0.433. The molecule has 1 fully saturated rings. The Labute approximate surface area is 130 Å². The molecule has 4 nitrogen and oxygen atoms in total. The summed E-state index contributed by atoms with van der Waals surface area (Å²) in [7, 11) is 0. The standard InChI is InChI=1S/C18H20N2O2/c21-18(22-14-15-6-2-1-3-7-15)19-16-8-10-17(11-9-16)20-12-4-5-13-20/h1-3,6-11H,4-5,12-14H2,(H,19,21). The monoisotopic (exact) mass is 296 g/mol. The summed E-state index contributed by atoms with van der Waals surface area (Å²) in [6.45, 7) is 2.51. The zero-order valence-electron chi connectivity index (χ0n) is 12.5. The number of nitrogens with one attached hydrogen (secondary N) is 1. The minimum absolute atomic E-state index is 0.276. The topological polar surface area (TPSA) is 41.6 Å². The molecule has 1 heterocycles. The molecule has 0 aliphatic carbocycles. The van der Waals surface area contributed by atoms with Gasteiger partial charge in [-0.05, 0) is 42.7 Å². The molecule has 3 rings (SSSR count). The molecule has 2 aromatic carbocycles. The first-order valence-corrected chi connectivity index (χ1v) is 7.64. The SMILES string of the molecule is O=C(Nc1ccc(N2CCCC2)cc1)OCc1ccccc1. The zero-order valence-corrected chi connectivity index (χ0v) is 12.5. The van der Waals surface area contributed by atoms with Crippen molar-refractivity contribution in [1.82, 2.24) is 0 Å². The highest BCUT2D eigenvalue weighted by atomic mass is 16.5. The number of benzene rings is 2. The lowest BCUT2D eigenvalue weighted by Gasteiger charge is -2.17. The summed E-state index contributed by atoms with van der Waals surface area (Å²) in [5.74, 6) is 0. The van der Waals surface area contributed by atoms with Crippen LogP contribution >= 0.6 is 0 Å². The van der Waals surface area contributed by atoms with Crippen molar-refractivity contribution in [2.75, 3.05) is 23.3 Å². The van der Waals surface area contributed by atoms with Crippen LogP contribution < -0.4 is 10.2 Å². The number of ether oxygens (including phenoxy) is 1. The summed E-state index contributed by atoms with van der Waals surface area (Å²) >= 11 is 0. The number of hydrogen-bond donors (Lipinski definition) is 1. The van der Waals surface area contributed by atoms with E-state index in [4.69, 9.17) is 4.74 Å². The lowest BCUT2D eigenvalue weighted by molar-refractivity contribution is 0.155. The Balaban J connectivity index is 1.50. The number of rotatable bonds is 4. The van der Waals surface area contributed by atoms with Gasteiger partial charge in [-0.15, -0.1) is 0 Å². The number of carbonyl (C=O) groups is 1. The predicted molar refractivity (Wildman–Crippen MR) is 88.1 cm³/mol. The molecular weight excluding hydrogens is 276 g/mol. The van der Waals surface area contributed by atoms with E-state index in [2.05, 4.69) is 10.2 Å². The maximum absolute atomic E-state index is 11.8. The van der Waals surface area contributed by atoms with E-state index in [0.29, 0.717) is 0 Å². The Morgan fingerprint density at radius 1 is 1.00 bits per heavy atom. The number of carbonyl (C=O) groups excluding carboxylic acids is 1. The Kier molecular flexibility index (Phi) is 4.59. The summed E-state index contributed by atoms with van der Waals surface area (Å²) in [4.78, 5) is 14.1. The maximum atomic E-state index is 11.8. The van der Waals surface area contributed by atoms with Crippen LogP contribution in [0.25, 0.3) is 0 Å². The van der Waals surface area contributed by atoms with Crippen molar-refractivity contribution in [3.05, 3.63) is 60.2 Å². The van der Waals surface area contributed by atoms with Gasteiger partial charge in [-0.1, -0.05) is 30.3 Å². The van der Waals surface area contributed by atoms with Crippen LogP contribution in [0.5, 0.6) is 0 Å². The number of amides is 1. The van der Waals surface area contributed by atoms with Gasteiger partial charge in [0, 0.05) is 24.5 Å². The van der Waals surface area contributed by atoms with Gasteiger partial charge < -0.3 is 9.64 Å². The van der Waals surface area contributed by atoms with E-state index in [9.17, 15) is 4.79 Å². The average Bonchev–Trinajstić information content (AvgIpc) is 3.09. The van der Waals surface area contributed by atoms with Gasteiger partial charge in [0.2, 0.25) is 0 Å². The van der Waals surface area contributed by atoms with Crippen molar-refractivity contribution in [3.63, 3.8) is 0 Å². The Bertz CT molecular complexity index is 605. The molecule has 1 saturated heterocycles. The minimum Gasteiger partial charge on any atom is -0.444 e. The van der Waals surface area contributed by atoms with E-state index >= 15 is 0 Å². The van der Waals surface area contributed by atoms with Crippen molar-refractivity contribution < 1.29 is 9.53 Å². The summed E-state index contributed by atoms with van der Waals surface area (Å²) in [6, 6.07) is 17.5. The van der Waals surface area contributed by atoms with Crippen LogP contribution in [-0.4, -0.2) is 19.2 Å². The Morgan fingerprint density at radius 3 is 2.36 bits per heavy atom. The fourth-order valence-electron chi connectivity index (χ4n) is 2.61. The molecule has 0 radical (unpaired) electrons. The van der Waals surface area contributed by atoms with Crippen LogP contribution in [0.2, 0.25) is 0 Å². The van der Waals surface area contributed by atoms with Gasteiger partial charge >= 0.3 is 6.09 Å². The molecule has 4 heteroatoms. The first-order chi connectivity index (χ1) is 10.8. The van der Waals surface area contributed by atoms with Gasteiger partial charge in [0.15, 0.2) is 0 Å². The maximum Gasteiger partial charge on any atom is 0.411 e. The molecule has 1 N–H and O–H groups in total. The van der Waals surface area contributed by atoms with Crippen LogP contribution in [0.4, 0.5) is 16.2 Å². The Hall–Kier alpha value is -2.49. The average molecular weight is 296 g/mol. The number of anilines is 2. The molecule has 0 bridgehead atoms. The van der Waals surface area contributed by atoms with Gasteiger partial charge in [0.25, 0.3) is 0 Å². The highest BCUT2D eigenvalue weighted by Gasteiger charge is 2.12. The van der Waals surface area contributed by atoms with Crippen LogP contribution in [0, 0.1) is 0 Å². The molecule has 0 atom stereocenters. The molecule has 0 spiro atoms. The van der Waals surface area contributed by atoms with Crippen molar-refractivity contribution in [3.8, 4) is 0 Å². The molecule has 2 aromatic rings. The van der Waals surface area contributed by atoms with Crippen LogP contribution in [0.15, 0.2) is 54.6 Å². The van der Waals surface area contributed by atoms with Crippen LogP contribution in [0.3, 0.4) is 0 Å². The normalized spacial score (nSPS) is 13.9. The predicted octanol–water partition coefficient (Wildman–Crippen LogP) is 4.04. The quantitative estimate of drug-likeness (QED) is 0.926. The van der Waals surface area contributed by atoms with Gasteiger partial charge in [0.05, 0.1) is 0 Å². The molecule has 0 aromatic heterocycles. The molecule has 1 aliphatic rings. The zero-order chi connectivity index (χ0) is 15.2. The molecule has 0 saturated carbocycles. The van der Waals surface area contributed by atoms with Crippen molar-refractivity contribution in [2.24, 2.45) is 0 Å². The third kappa shape index (κ3) is 3.79. The second kappa shape index (κ2) is 6.98. The third-order valence-electron chi connectivity index (χ3n) is 3.80. The highest BCUT2D eigenvalue weighted by molar-refractivity contribution is 5.84. The lowest BCUT2D eigenvalue weighted by atomic mass is 10.2. The summed E-state index contributed by atoms with van der Waals surface area (Å²) in [6.07, 6.45) is 2.08. The molecule has 1 amide bonds. The van der Waals surface area contributed by atoms with Crippen LogP contribution in [-0.2, 0) is 11.3 Å². The molecule has 114 valence electrons. The molecular formula is C18H20N2O2. The lowest BCUT2D eigenvalue weighted by Crippen LogP contribution is -2.17. The van der Waals surface area contributed by atoms with E-state index in [-0.39, 0.29) is 6.61 Å². The molecule has 1 aliphatic heterocycles. The molecule has 0 unspecified atom stereocenters. The van der Waals surface area contributed by atoms with E-state index in [1.54, 1.807) is 0 Å². The van der Waals surface area contributed by atoms with Crippen molar-refractivity contribution in [2.45, 2.75) is 19.4 Å². The second-order valence-corrected chi connectivity index (χ2v) is 5.43. The van der Waals surface area contributed by atoms with Gasteiger partial charge in [-0.3, -0.25) is 5.32 Å². The smallest absolute Gasteiger partial charge is 0.411 e. The summed E-state index contributed by atoms with van der Waals surface area (Å²) in [5.41, 5.74) is 2.93. The number of hydrogen-bond acceptors (Lipinski definition) is 3. The first-order valence-electron chi connectivity index (χ1n) is 7.64. The van der Waals surface area contributed by atoms with Crippen molar-refractivity contribution in [1.29, 1.82) is 0 Å². The van der Waals surface area contributed by atoms with Gasteiger partial charge in [-0.2, -0.15) is 0 Å². The molecule has 22 heavy (non-hydrogen) atoms. The van der Waals surface area contributed by atoms with Crippen LogP contribution in [0.1, 0.15) is 18.4 Å². The second-order valence-electron chi connectivity index (χ2n) is 5.43. The Morgan fingerprint density at radius 2 is 1.68 bits per heavy atom. The van der Waals surface area contributed by atoms with Gasteiger partial charge in [0.1, 0.15) is 6.61 Å². The largest absolute Gasteiger partial charge is 0.444 e. The highest BCUT2D eigenvalue weighted by Crippen LogP contribution is 2.22. The summed E-state index contributed by atoms with van der Waals surface area (Å²) in [5, 5.41) is 2.75. The summed E-state index contributed by atoms with van der Waals surface area (Å²) < 4.78 is 5.20. The number of nitrogens with zero attached hydrogens (tertiary/aromatic N) is 1. The van der Waals surface area contributed by atoms with E-state index in [0.717, 1.165) is 24.3 Å². The van der Waals surface area contributed by atoms with E-state index in [1.165, 1.54) is 18.5 Å². The van der Waals surface area contributed by atoms with E-state index < -0.39 is 6.09 Å². The first kappa shape index (κ1) is 14.4.